The molecule has 1 aliphatic carbocycles. The second-order valence-electron chi connectivity index (χ2n) is 9.38. The molecule has 2 aromatic rings. The van der Waals surface area contributed by atoms with E-state index in [1.807, 2.05) is 75.5 Å². The molecule has 0 spiro atoms. The molecule has 1 amide bonds. The predicted molar refractivity (Wildman–Crippen MR) is 126 cm³/mol. The molecule has 2 N–H and O–H groups in total. The number of anilines is 1. The van der Waals surface area contributed by atoms with Crippen LogP contribution in [0.2, 0.25) is 0 Å². The van der Waals surface area contributed by atoms with E-state index in [1.165, 1.54) is 0 Å². The van der Waals surface area contributed by atoms with Crippen LogP contribution in [0.3, 0.4) is 0 Å². The van der Waals surface area contributed by atoms with Crippen LogP contribution in [0.5, 0.6) is 0 Å². The summed E-state index contributed by atoms with van der Waals surface area (Å²) in [6, 6.07) is 9.82. The number of carbonyl (C=O) groups is 1. The molecule has 0 fully saturated rings. The molecule has 3 atom stereocenters. The van der Waals surface area contributed by atoms with Crippen LogP contribution in [0.4, 0.5) is 5.95 Å². The number of carbonyl (C=O) groups excluding carboxylic acids is 1. The number of hydrogen-bond acceptors (Lipinski definition) is 5. The van der Waals surface area contributed by atoms with Gasteiger partial charge in [-0.25, -0.2) is 4.68 Å². The van der Waals surface area contributed by atoms with Gasteiger partial charge in [0.2, 0.25) is 5.95 Å². The monoisotopic (exact) mass is 428 g/mol. The van der Waals surface area contributed by atoms with Crippen molar-refractivity contribution in [1.29, 1.82) is 5.26 Å². The topological polar surface area (TPSA) is 95.6 Å². The highest BCUT2D eigenvalue weighted by atomic mass is 16.1. The van der Waals surface area contributed by atoms with E-state index < -0.39 is 0 Å². The summed E-state index contributed by atoms with van der Waals surface area (Å²) in [5.41, 5.74) is 2.44. The van der Waals surface area contributed by atoms with Crippen LogP contribution in [0.15, 0.2) is 48.6 Å². The molecule has 1 aromatic carbocycles. The minimum Gasteiger partial charge on any atom is -0.347 e. The average Bonchev–Trinajstić information content (AvgIpc) is 3.16. The van der Waals surface area contributed by atoms with Crippen LogP contribution >= 0.6 is 0 Å². The third kappa shape index (κ3) is 4.65. The van der Waals surface area contributed by atoms with Crippen LogP contribution in [0, 0.1) is 17.2 Å². The van der Waals surface area contributed by atoms with Gasteiger partial charge < -0.3 is 10.6 Å². The van der Waals surface area contributed by atoms with Gasteiger partial charge >= 0.3 is 0 Å². The minimum absolute atomic E-state index is 0.0848. The van der Waals surface area contributed by atoms with Crippen molar-refractivity contribution in [3.05, 3.63) is 65.5 Å². The normalized spacial score (nSPS) is 22.0. The maximum atomic E-state index is 12.6. The molecule has 4 rings (SSSR count). The number of amides is 1. The van der Waals surface area contributed by atoms with Crippen LogP contribution in [-0.2, 0) is 0 Å². The summed E-state index contributed by atoms with van der Waals surface area (Å²) in [4.78, 5) is 17.3. The summed E-state index contributed by atoms with van der Waals surface area (Å²) < 4.78 is 1.80. The Balaban J connectivity index is 1.58. The molecule has 0 saturated heterocycles. The summed E-state index contributed by atoms with van der Waals surface area (Å²) in [6.07, 6.45) is 10.4. The predicted octanol–water partition coefficient (Wildman–Crippen LogP) is 4.36. The molecular weight excluding hydrogens is 400 g/mol. The second-order valence-corrected chi connectivity index (χ2v) is 9.38. The van der Waals surface area contributed by atoms with Gasteiger partial charge in [0.1, 0.15) is 5.82 Å². The fraction of sp³-hybridized carbons (Fsp3) is 0.360. The molecule has 0 bridgehead atoms. The van der Waals surface area contributed by atoms with E-state index in [0.717, 1.165) is 23.4 Å². The second kappa shape index (κ2) is 8.46. The summed E-state index contributed by atoms with van der Waals surface area (Å²) in [5, 5.41) is 20.3. The highest BCUT2D eigenvalue weighted by Gasteiger charge is 2.25. The summed E-state index contributed by atoms with van der Waals surface area (Å²) in [7, 11) is 0. The Hall–Kier alpha value is -3.66. The van der Waals surface area contributed by atoms with Gasteiger partial charge in [-0.1, -0.05) is 43.4 Å². The maximum Gasteiger partial charge on any atom is 0.251 e. The van der Waals surface area contributed by atoms with Crippen molar-refractivity contribution in [3.8, 4) is 6.07 Å². The molecule has 7 heteroatoms. The van der Waals surface area contributed by atoms with E-state index in [4.69, 9.17) is 0 Å². The van der Waals surface area contributed by atoms with E-state index in [9.17, 15) is 10.1 Å². The van der Waals surface area contributed by atoms with Crippen LogP contribution in [-0.4, -0.2) is 32.3 Å². The van der Waals surface area contributed by atoms with Gasteiger partial charge in [-0.2, -0.15) is 10.2 Å². The number of nitrogens with zero attached hydrogens (tertiary/aromatic N) is 4. The van der Waals surface area contributed by atoms with Gasteiger partial charge in [0.15, 0.2) is 0 Å². The zero-order chi connectivity index (χ0) is 22.9. The first-order chi connectivity index (χ1) is 15.2. The van der Waals surface area contributed by atoms with Gasteiger partial charge in [0.05, 0.1) is 18.0 Å². The minimum atomic E-state index is -0.293. The smallest absolute Gasteiger partial charge is 0.251 e. The molecule has 0 saturated carbocycles. The summed E-state index contributed by atoms with van der Waals surface area (Å²) in [5.74, 6) is 1.21. The Labute approximate surface area is 188 Å². The first-order valence-electron chi connectivity index (χ1n) is 10.8. The number of nitriles is 1. The van der Waals surface area contributed by atoms with Crippen LogP contribution in [0.1, 0.15) is 61.8 Å². The highest BCUT2D eigenvalue weighted by molar-refractivity contribution is 5.96. The molecule has 7 nitrogen and oxygen atoms in total. The lowest BCUT2D eigenvalue weighted by molar-refractivity contribution is 0.0919. The SMILES string of the molecule is CC1CC(c2cccc(C(=O)NC(C)(C)C)c2)=Cn2nc(NC3C=CC=CC3C#N)nc21. The van der Waals surface area contributed by atoms with Crippen molar-refractivity contribution >= 4 is 23.6 Å². The number of rotatable bonds is 4. The molecule has 164 valence electrons. The average molecular weight is 429 g/mol. The lowest BCUT2D eigenvalue weighted by Crippen LogP contribution is -2.40. The lowest BCUT2D eigenvalue weighted by Gasteiger charge is -2.22. The quantitative estimate of drug-likeness (QED) is 0.754. The van der Waals surface area contributed by atoms with E-state index in [0.29, 0.717) is 11.5 Å². The Morgan fingerprint density at radius 2 is 2.03 bits per heavy atom. The number of fused-ring (bicyclic) bond motifs is 1. The van der Waals surface area contributed by atoms with Crippen molar-refractivity contribution in [2.75, 3.05) is 5.32 Å². The summed E-state index contributed by atoms with van der Waals surface area (Å²) in [6.45, 7) is 8.03. The molecule has 1 aliphatic heterocycles. The zero-order valence-corrected chi connectivity index (χ0v) is 18.8. The number of benzene rings is 1. The molecular formula is C25H28N6O. The van der Waals surface area contributed by atoms with Crippen molar-refractivity contribution in [2.45, 2.75) is 51.6 Å². The molecule has 3 unspecified atom stereocenters. The molecule has 1 aromatic heterocycles. The first kappa shape index (κ1) is 21.6. The van der Waals surface area contributed by atoms with E-state index in [-0.39, 0.29) is 29.3 Å². The Morgan fingerprint density at radius 1 is 1.25 bits per heavy atom. The standard InChI is InChI=1S/C25H28N6O/c1-16-12-20(17-9-7-10-18(13-17)23(32)29-25(2,3)4)15-31-22(16)28-24(30-31)27-21-11-6-5-8-19(21)14-26/h5-11,13,15-16,19,21H,12H2,1-4H3,(H,27,30)(H,29,32). The lowest BCUT2D eigenvalue weighted by atomic mass is 9.92. The summed E-state index contributed by atoms with van der Waals surface area (Å²) >= 11 is 0. The third-order valence-corrected chi connectivity index (χ3v) is 5.47. The Morgan fingerprint density at radius 3 is 2.78 bits per heavy atom. The fourth-order valence-corrected chi connectivity index (χ4v) is 3.93. The van der Waals surface area contributed by atoms with Gasteiger partial charge in [-0.05, 0) is 50.5 Å². The van der Waals surface area contributed by atoms with Gasteiger partial charge in [0, 0.05) is 23.2 Å². The zero-order valence-electron chi connectivity index (χ0n) is 18.8. The van der Waals surface area contributed by atoms with E-state index >= 15 is 0 Å². The van der Waals surface area contributed by atoms with Crippen LogP contribution in [0.25, 0.3) is 11.8 Å². The number of allylic oxidation sites excluding steroid dienone is 3. The maximum absolute atomic E-state index is 12.6. The highest BCUT2D eigenvalue weighted by Crippen LogP contribution is 2.34. The van der Waals surface area contributed by atoms with E-state index in [2.05, 4.69) is 33.7 Å². The molecule has 2 heterocycles. The van der Waals surface area contributed by atoms with E-state index in [1.54, 1.807) is 4.68 Å². The van der Waals surface area contributed by atoms with Gasteiger partial charge in [0.25, 0.3) is 5.91 Å². The van der Waals surface area contributed by atoms with Crippen molar-refractivity contribution < 1.29 is 4.79 Å². The van der Waals surface area contributed by atoms with Gasteiger partial charge in [-0.3, -0.25) is 4.79 Å². The van der Waals surface area contributed by atoms with Crippen molar-refractivity contribution in [1.82, 2.24) is 20.1 Å². The third-order valence-electron chi connectivity index (χ3n) is 5.47. The molecule has 32 heavy (non-hydrogen) atoms. The number of aromatic nitrogens is 3. The largest absolute Gasteiger partial charge is 0.347 e. The van der Waals surface area contributed by atoms with Gasteiger partial charge in [-0.15, -0.1) is 5.10 Å². The first-order valence-corrected chi connectivity index (χ1v) is 10.8. The number of nitrogens with one attached hydrogen (secondary N) is 2. The molecule has 0 radical (unpaired) electrons. The molecule has 2 aliphatic rings. The van der Waals surface area contributed by atoms with Crippen molar-refractivity contribution in [2.24, 2.45) is 5.92 Å². The van der Waals surface area contributed by atoms with Crippen molar-refractivity contribution in [3.63, 3.8) is 0 Å². The number of hydrogen-bond donors (Lipinski definition) is 2. The Kier molecular flexibility index (Phi) is 5.70. The Bertz CT molecular complexity index is 1160. The fourth-order valence-electron chi connectivity index (χ4n) is 3.93. The van der Waals surface area contributed by atoms with Crippen LogP contribution < -0.4 is 10.6 Å².